The van der Waals surface area contributed by atoms with Crippen LogP contribution in [-0.2, 0) is 16.2 Å². The maximum Gasteiger partial charge on any atom is 0.416 e. The summed E-state index contributed by atoms with van der Waals surface area (Å²) in [6, 6.07) is 5.17. The van der Waals surface area contributed by atoms with Gasteiger partial charge in [0.2, 0.25) is 0 Å². The highest BCUT2D eigenvalue weighted by atomic mass is 32.2. The van der Waals surface area contributed by atoms with E-state index in [4.69, 9.17) is 5.11 Å². The molecule has 0 saturated heterocycles. The van der Waals surface area contributed by atoms with Crippen molar-refractivity contribution < 1.29 is 35.9 Å². The van der Waals surface area contributed by atoms with Crippen molar-refractivity contribution >= 4 is 21.7 Å². The van der Waals surface area contributed by atoms with Crippen LogP contribution in [0.25, 0.3) is 0 Å². The fraction of sp³-hybridized carbons (Fsp3) is 0.0714. The molecule has 0 unspecified atom stereocenters. The van der Waals surface area contributed by atoms with E-state index in [2.05, 4.69) is 0 Å². The maximum atomic E-state index is 12.8. The predicted octanol–water partition coefficient (Wildman–Crippen LogP) is 3.34. The first-order chi connectivity index (χ1) is 11.0. The molecule has 0 aliphatic carbocycles. The molecule has 5 nitrogen and oxygen atoms in total. The second-order valence-corrected chi connectivity index (χ2v) is 6.34. The largest absolute Gasteiger partial charge is 0.478 e. The number of anilines is 1. The van der Waals surface area contributed by atoms with Gasteiger partial charge in [0, 0.05) is 0 Å². The van der Waals surface area contributed by atoms with Crippen molar-refractivity contribution in [3.63, 3.8) is 0 Å². The summed E-state index contributed by atoms with van der Waals surface area (Å²) < 4.78 is 77.3. The van der Waals surface area contributed by atoms with Gasteiger partial charge in [-0.3, -0.25) is 4.72 Å². The molecular weight excluding hydrogens is 354 g/mol. The Morgan fingerprint density at radius 2 is 1.62 bits per heavy atom. The van der Waals surface area contributed by atoms with Crippen LogP contribution >= 0.6 is 0 Å². The van der Waals surface area contributed by atoms with Crippen molar-refractivity contribution in [3.8, 4) is 0 Å². The minimum absolute atomic E-state index is 0.387. The van der Waals surface area contributed by atoms with Gasteiger partial charge in [0.1, 0.15) is 5.82 Å². The van der Waals surface area contributed by atoms with Crippen LogP contribution in [0.3, 0.4) is 0 Å². The molecule has 0 aromatic heterocycles. The molecule has 24 heavy (non-hydrogen) atoms. The molecule has 0 spiro atoms. The Hall–Kier alpha value is -2.62. The summed E-state index contributed by atoms with van der Waals surface area (Å²) in [6.45, 7) is 0. The molecular formula is C14H9F4NO4S. The highest BCUT2D eigenvalue weighted by Crippen LogP contribution is 2.32. The van der Waals surface area contributed by atoms with Crippen LogP contribution < -0.4 is 4.72 Å². The van der Waals surface area contributed by atoms with E-state index in [9.17, 15) is 30.8 Å². The van der Waals surface area contributed by atoms with Crippen LogP contribution in [0.2, 0.25) is 0 Å². The van der Waals surface area contributed by atoms with E-state index in [1.54, 1.807) is 0 Å². The van der Waals surface area contributed by atoms with Gasteiger partial charge in [-0.2, -0.15) is 13.2 Å². The van der Waals surface area contributed by atoms with Crippen LogP contribution in [0.15, 0.2) is 47.4 Å². The smallest absolute Gasteiger partial charge is 0.416 e. The van der Waals surface area contributed by atoms with Crippen LogP contribution in [-0.4, -0.2) is 19.5 Å². The predicted molar refractivity (Wildman–Crippen MR) is 75.6 cm³/mol. The Balaban J connectivity index is 2.46. The van der Waals surface area contributed by atoms with Crippen LogP contribution in [0.4, 0.5) is 23.2 Å². The van der Waals surface area contributed by atoms with Gasteiger partial charge in [0.05, 0.1) is 21.7 Å². The highest BCUT2D eigenvalue weighted by Gasteiger charge is 2.32. The molecule has 10 heteroatoms. The van der Waals surface area contributed by atoms with Crippen LogP contribution in [0.1, 0.15) is 15.9 Å². The summed E-state index contributed by atoms with van der Waals surface area (Å²) in [4.78, 5) is 10.5. The molecule has 2 rings (SSSR count). The van der Waals surface area contributed by atoms with E-state index >= 15 is 0 Å². The number of carboxylic acid groups (broad SMARTS) is 1. The lowest BCUT2D eigenvalue weighted by Crippen LogP contribution is -2.15. The lowest BCUT2D eigenvalue weighted by molar-refractivity contribution is -0.137. The summed E-state index contributed by atoms with van der Waals surface area (Å²) >= 11 is 0. The Bertz CT molecular complexity index is 877. The number of rotatable bonds is 4. The molecule has 0 heterocycles. The minimum atomic E-state index is -4.86. The maximum absolute atomic E-state index is 12.8. The Morgan fingerprint density at radius 3 is 2.12 bits per heavy atom. The molecule has 0 atom stereocenters. The third-order valence-corrected chi connectivity index (χ3v) is 4.28. The number of nitrogens with one attached hydrogen (secondary N) is 1. The van der Waals surface area contributed by atoms with Crippen molar-refractivity contribution in [1.82, 2.24) is 0 Å². The SMILES string of the molecule is O=C(O)c1cc(NS(=O)(=O)c2ccc(F)cc2)cc(C(F)(F)F)c1. The summed E-state index contributed by atoms with van der Waals surface area (Å²) in [5.41, 5.74) is -2.63. The monoisotopic (exact) mass is 363 g/mol. The van der Waals surface area contributed by atoms with Crippen molar-refractivity contribution in [2.75, 3.05) is 4.72 Å². The molecule has 0 radical (unpaired) electrons. The molecule has 0 aliphatic rings. The number of halogens is 4. The van der Waals surface area contributed by atoms with Crippen molar-refractivity contribution in [1.29, 1.82) is 0 Å². The average molecular weight is 363 g/mol. The number of alkyl halides is 3. The molecule has 2 aromatic rings. The van der Waals surface area contributed by atoms with Gasteiger partial charge in [0.15, 0.2) is 0 Å². The topological polar surface area (TPSA) is 83.5 Å². The normalized spacial score (nSPS) is 12.0. The zero-order valence-electron chi connectivity index (χ0n) is 11.6. The average Bonchev–Trinajstić information content (AvgIpc) is 2.46. The minimum Gasteiger partial charge on any atom is -0.478 e. The number of aromatic carboxylic acids is 1. The van der Waals surface area contributed by atoms with Crippen molar-refractivity contribution in [3.05, 3.63) is 59.4 Å². The van der Waals surface area contributed by atoms with Gasteiger partial charge in [0.25, 0.3) is 10.0 Å². The Morgan fingerprint density at radius 1 is 1.04 bits per heavy atom. The Labute approximate surface area is 133 Å². The van der Waals surface area contributed by atoms with Gasteiger partial charge in [-0.15, -0.1) is 0 Å². The quantitative estimate of drug-likeness (QED) is 0.816. The molecule has 0 amide bonds. The van der Waals surface area contributed by atoms with E-state index in [0.29, 0.717) is 12.1 Å². The zero-order chi connectivity index (χ0) is 18.1. The zero-order valence-corrected chi connectivity index (χ0v) is 12.5. The first-order valence-electron chi connectivity index (χ1n) is 6.23. The fourth-order valence-corrected chi connectivity index (χ4v) is 2.84. The van der Waals surface area contributed by atoms with Gasteiger partial charge in [-0.25, -0.2) is 17.6 Å². The van der Waals surface area contributed by atoms with E-state index in [-0.39, 0.29) is 0 Å². The highest BCUT2D eigenvalue weighted by molar-refractivity contribution is 7.92. The third-order valence-electron chi connectivity index (χ3n) is 2.88. The molecule has 0 saturated carbocycles. The molecule has 0 fully saturated rings. The standard InChI is InChI=1S/C14H9F4NO4S/c15-10-1-3-12(4-2-10)24(22,23)19-11-6-8(13(20)21)5-9(7-11)14(16,17)18/h1-7,19H,(H,20,21). The second kappa shape index (κ2) is 6.11. The van der Waals surface area contributed by atoms with Gasteiger partial charge < -0.3 is 5.11 Å². The van der Waals surface area contributed by atoms with Crippen molar-refractivity contribution in [2.24, 2.45) is 0 Å². The van der Waals surface area contributed by atoms with Crippen molar-refractivity contribution in [2.45, 2.75) is 11.1 Å². The van der Waals surface area contributed by atoms with E-state index in [1.807, 2.05) is 4.72 Å². The summed E-state index contributed by atoms with van der Waals surface area (Å²) in [7, 11) is -4.31. The summed E-state index contributed by atoms with van der Waals surface area (Å²) in [5, 5.41) is 8.86. The van der Waals surface area contributed by atoms with Gasteiger partial charge in [-0.1, -0.05) is 0 Å². The summed E-state index contributed by atoms with van der Waals surface area (Å²) in [5.74, 6) is -2.34. The first-order valence-corrected chi connectivity index (χ1v) is 7.71. The van der Waals surface area contributed by atoms with Gasteiger partial charge in [-0.05, 0) is 42.5 Å². The molecule has 128 valence electrons. The molecule has 0 aliphatic heterocycles. The fourth-order valence-electron chi connectivity index (χ4n) is 1.80. The molecule has 2 N–H and O–H groups in total. The number of carbonyl (C=O) groups is 1. The van der Waals surface area contributed by atoms with Crippen LogP contribution in [0.5, 0.6) is 0 Å². The summed E-state index contributed by atoms with van der Waals surface area (Å²) in [6.07, 6.45) is -4.86. The molecule has 0 bridgehead atoms. The lowest BCUT2D eigenvalue weighted by Gasteiger charge is -2.13. The first kappa shape index (κ1) is 17.7. The molecule has 2 aromatic carbocycles. The van der Waals surface area contributed by atoms with E-state index < -0.39 is 49.7 Å². The number of carboxylic acids is 1. The van der Waals surface area contributed by atoms with E-state index in [0.717, 1.165) is 30.3 Å². The lowest BCUT2D eigenvalue weighted by atomic mass is 10.1. The number of benzene rings is 2. The third kappa shape index (κ3) is 4.02. The van der Waals surface area contributed by atoms with Gasteiger partial charge >= 0.3 is 12.1 Å². The number of hydrogen-bond acceptors (Lipinski definition) is 3. The Kier molecular flexibility index (Phi) is 4.52. The number of sulfonamides is 1. The second-order valence-electron chi connectivity index (χ2n) is 4.66. The van der Waals surface area contributed by atoms with E-state index in [1.165, 1.54) is 0 Å². The van der Waals surface area contributed by atoms with Crippen LogP contribution in [0, 0.1) is 5.82 Å². The number of hydrogen-bond donors (Lipinski definition) is 2.